The maximum absolute atomic E-state index is 14.0. The van der Waals surface area contributed by atoms with Crippen molar-refractivity contribution in [2.24, 2.45) is 5.92 Å². The van der Waals surface area contributed by atoms with E-state index in [-0.39, 0.29) is 0 Å². The summed E-state index contributed by atoms with van der Waals surface area (Å²) in [6.07, 6.45) is 11.8. The van der Waals surface area contributed by atoms with E-state index in [9.17, 15) is 4.79 Å². The normalized spacial score (nSPS) is 21.4. The Morgan fingerprint density at radius 2 is 1.91 bits per heavy atom. The molecule has 4 heterocycles. The van der Waals surface area contributed by atoms with E-state index >= 15 is 0 Å². The highest BCUT2D eigenvalue weighted by Crippen LogP contribution is 2.38. The first kappa shape index (κ1) is 21.2. The van der Waals surface area contributed by atoms with Gasteiger partial charge in [0.15, 0.2) is 0 Å². The molecule has 2 saturated heterocycles. The SMILES string of the molecule is Cc1ccc(C2(C(=O)N3CCC[C@H](Cc4cccn5ccnc45)CC3)CCOCC2)cc1. The summed E-state index contributed by atoms with van der Waals surface area (Å²) >= 11 is 0. The Morgan fingerprint density at radius 3 is 2.72 bits per heavy atom. The standard InChI is InChI=1S/C27H33N3O2/c1-21-6-8-24(9-7-21)27(11-18-32-19-12-27)26(31)30-15-2-4-22(10-16-30)20-23-5-3-14-29-17-13-28-25(23)29/h3,5-9,13-14,17,22H,2,4,10-12,15-16,18-20H2,1H3/t22-/m0/s1. The molecule has 1 aromatic carbocycles. The van der Waals surface area contributed by atoms with Gasteiger partial charge < -0.3 is 14.0 Å². The number of carbonyl (C=O) groups excluding carboxylic acids is 1. The fourth-order valence-corrected chi connectivity index (χ4v) is 5.57. The second-order valence-corrected chi connectivity index (χ2v) is 9.55. The maximum Gasteiger partial charge on any atom is 0.233 e. The maximum atomic E-state index is 14.0. The lowest BCUT2D eigenvalue weighted by atomic mass is 9.72. The fraction of sp³-hybridized carbons (Fsp3) is 0.481. The summed E-state index contributed by atoms with van der Waals surface area (Å²) in [4.78, 5) is 20.7. The van der Waals surface area contributed by atoms with Crippen LogP contribution in [0.15, 0.2) is 55.0 Å². The average Bonchev–Trinajstić information content (AvgIpc) is 3.20. The molecule has 1 amide bonds. The molecule has 0 N–H and O–H groups in total. The predicted molar refractivity (Wildman–Crippen MR) is 126 cm³/mol. The second kappa shape index (κ2) is 9.07. The van der Waals surface area contributed by atoms with Gasteiger partial charge in [0, 0.05) is 44.9 Å². The number of fused-ring (bicyclic) bond motifs is 1. The molecule has 0 spiro atoms. The van der Waals surface area contributed by atoms with E-state index < -0.39 is 5.41 Å². The van der Waals surface area contributed by atoms with E-state index in [0.29, 0.717) is 25.0 Å². The summed E-state index contributed by atoms with van der Waals surface area (Å²) in [6, 6.07) is 12.9. The molecule has 1 atom stereocenters. The van der Waals surface area contributed by atoms with Crippen LogP contribution in [-0.2, 0) is 21.4 Å². The van der Waals surface area contributed by atoms with Crippen LogP contribution in [0.3, 0.4) is 0 Å². The van der Waals surface area contributed by atoms with Crippen molar-refractivity contribution in [3.63, 3.8) is 0 Å². The van der Waals surface area contributed by atoms with Crippen LogP contribution < -0.4 is 0 Å². The number of likely N-dealkylation sites (tertiary alicyclic amines) is 1. The molecule has 168 valence electrons. The Kier molecular flexibility index (Phi) is 6.01. The Labute approximate surface area is 190 Å². The Hall–Kier alpha value is -2.66. The first-order chi connectivity index (χ1) is 15.7. The van der Waals surface area contributed by atoms with Gasteiger partial charge in [-0.05, 0) is 68.6 Å². The second-order valence-electron chi connectivity index (χ2n) is 9.55. The minimum absolute atomic E-state index is 0.306. The number of pyridine rings is 1. The number of ether oxygens (including phenoxy) is 1. The highest BCUT2D eigenvalue weighted by Gasteiger charge is 2.44. The third kappa shape index (κ3) is 4.06. The van der Waals surface area contributed by atoms with Crippen molar-refractivity contribution >= 4 is 11.6 Å². The van der Waals surface area contributed by atoms with Gasteiger partial charge in [-0.2, -0.15) is 0 Å². The largest absolute Gasteiger partial charge is 0.381 e. The molecule has 5 nitrogen and oxygen atoms in total. The Balaban J connectivity index is 1.32. The predicted octanol–water partition coefficient (Wildman–Crippen LogP) is 4.56. The van der Waals surface area contributed by atoms with Gasteiger partial charge in [0.05, 0.1) is 5.41 Å². The quantitative estimate of drug-likeness (QED) is 0.608. The first-order valence-electron chi connectivity index (χ1n) is 12.0. The van der Waals surface area contributed by atoms with Crippen LogP contribution in [0.1, 0.15) is 48.8 Å². The summed E-state index contributed by atoms with van der Waals surface area (Å²) in [5.74, 6) is 0.890. The molecule has 2 aliphatic rings. The van der Waals surface area contributed by atoms with E-state index in [1.54, 1.807) is 0 Å². The van der Waals surface area contributed by atoms with Crippen molar-refractivity contribution in [2.75, 3.05) is 26.3 Å². The number of imidazole rings is 1. The smallest absolute Gasteiger partial charge is 0.233 e. The molecule has 3 aromatic rings. The number of rotatable bonds is 4. The van der Waals surface area contributed by atoms with Gasteiger partial charge in [-0.25, -0.2) is 4.98 Å². The molecule has 2 aromatic heterocycles. The molecular formula is C27H33N3O2. The third-order valence-electron chi connectivity index (χ3n) is 7.50. The van der Waals surface area contributed by atoms with Crippen LogP contribution in [-0.4, -0.2) is 46.5 Å². The minimum atomic E-state index is -0.437. The van der Waals surface area contributed by atoms with Crippen molar-refractivity contribution in [3.8, 4) is 0 Å². The third-order valence-corrected chi connectivity index (χ3v) is 7.50. The number of aryl methyl sites for hydroxylation is 1. The summed E-state index contributed by atoms with van der Waals surface area (Å²) < 4.78 is 7.76. The van der Waals surface area contributed by atoms with Gasteiger partial charge >= 0.3 is 0 Å². The lowest BCUT2D eigenvalue weighted by molar-refractivity contribution is -0.141. The van der Waals surface area contributed by atoms with Gasteiger partial charge in [0.1, 0.15) is 5.65 Å². The van der Waals surface area contributed by atoms with Gasteiger partial charge in [0.25, 0.3) is 0 Å². The highest BCUT2D eigenvalue weighted by molar-refractivity contribution is 5.88. The van der Waals surface area contributed by atoms with E-state index in [1.807, 2.05) is 12.4 Å². The van der Waals surface area contributed by atoms with Crippen LogP contribution in [0, 0.1) is 12.8 Å². The summed E-state index contributed by atoms with van der Waals surface area (Å²) in [5.41, 5.74) is 4.32. The zero-order valence-corrected chi connectivity index (χ0v) is 19.0. The monoisotopic (exact) mass is 431 g/mol. The Bertz CT molecular complexity index is 1070. The topological polar surface area (TPSA) is 46.8 Å². The highest BCUT2D eigenvalue weighted by atomic mass is 16.5. The van der Waals surface area contributed by atoms with Crippen molar-refractivity contribution < 1.29 is 9.53 Å². The van der Waals surface area contributed by atoms with Crippen LogP contribution in [0.2, 0.25) is 0 Å². The van der Waals surface area contributed by atoms with E-state index in [1.165, 1.54) is 11.1 Å². The first-order valence-corrected chi connectivity index (χ1v) is 12.0. The molecule has 2 aliphatic heterocycles. The van der Waals surface area contributed by atoms with Crippen LogP contribution in [0.25, 0.3) is 5.65 Å². The van der Waals surface area contributed by atoms with Crippen molar-refractivity contribution in [1.82, 2.24) is 14.3 Å². The lowest BCUT2D eigenvalue weighted by Gasteiger charge is -2.40. The molecule has 5 rings (SSSR count). The van der Waals surface area contributed by atoms with Gasteiger partial charge in [0.2, 0.25) is 5.91 Å². The van der Waals surface area contributed by atoms with Gasteiger partial charge in [-0.3, -0.25) is 4.79 Å². The minimum Gasteiger partial charge on any atom is -0.381 e. The molecule has 0 saturated carbocycles. The molecule has 0 unspecified atom stereocenters. The van der Waals surface area contributed by atoms with Crippen LogP contribution >= 0.6 is 0 Å². The number of nitrogens with zero attached hydrogens (tertiary/aromatic N) is 3. The number of benzene rings is 1. The molecule has 5 heteroatoms. The summed E-state index contributed by atoms with van der Waals surface area (Å²) in [7, 11) is 0. The van der Waals surface area contributed by atoms with E-state index in [0.717, 1.165) is 62.8 Å². The number of hydrogen-bond donors (Lipinski definition) is 0. The number of hydrogen-bond acceptors (Lipinski definition) is 3. The van der Waals surface area contributed by atoms with Crippen molar-refractivity contribution in [2.45, 2.75) is 50.9 Å². The molecular weight excluding hydrogens is 398 g/mol. The molecule has 32 heavy (non-hydrogen) atoms. The fourth-order valence-electron chi connectivity index (χ4n) is 5.57. The Morgan fingerprint density at radius 1 is 1.09 bits per heavy atom. The molecule has 0 aliphatic carbocycles. The van der Waals surface area contributed by atoms with Crippen LogP contribution in [0.5, 0.6) is 0 Å². The summed E-state index contributed by atoms with van der Waals surface area (Å²) in [6.45, 7) is 5.11. The zero-order chi connectivity index (χ0) is 22.0. The van der Waals surface area contributed by atoms with E-state index in [4.69, 9.17) is 4.74 Å². The zero-order valence-electron chi connectivity index (χ0n) is 19.0. The molecule has 0 radical (unpaired) electrons. The van der Waals surface area contributed by atoms with Gasteiger partial charge in [-0.1, -0.05) is 35.9 Å². The van der Waals surface area contributed by atoms with Crippen LogP contribution in [0.4, 0.5) is 0 Å². The van der Waals surface area contributed by atoms with Crippen molar-refractivity contribution in [1.29, 1.82) is 0 Å². The summed E-state index contributed by atoms with van der Waals surface area (Å²) in [5, 5.41) is 0. The molecule has 2 fully saturated rings. The number of amides is 1. The number of aromatic nitrogens is 2. The van der Waals surface area contributed by atoms with Crippen molar-refractivity contribution in [3.05, 3.63) is 71.7 Å². The lowest BCUT2D eigenvalue weighted by Crippen LogP contribution is -2.50. The average molecular weight is 432 g/mol. The van der Waals surface area contributed by atoms with E-state index in [2.05, 4.69) is 63.8 Å². The van der Waals surface area contributed by atoms with Gasteiger partial charge in [-0.15, -0.1) is 0 Å². The molecule has 0 bridgehead atoms. The number of carbonyl (C=O) groups is 1.